The lowest BCUT2D eigenvalue weighted by atomic mass is 9.93. The molecule has 98 valence electrons. The van der Waals surface area contributed by atoms with Gasteiger partial charge in [-0.15, -0.1) is 0 Å². The molecule has 1 aliphatic carbocycles. The minimum atomic E-state index is 0.101. The molecule has 1 amide bonds. The van der Waals surface area contributed by atoms with Crippen LogP contribution in [0.5, 0.6) is 0 Å². The second-order valence-electron chi connectivity index (χ2n) is 5.57. The number of pyridine rings is 1. The third-order valence-electron chi connectivity index (χ3n) is 3.38. The molecular weight excluding hydrogens is 224 g/mol. The quantitative estimate of drug-likeness (QED) is 0.806. The summed E-state index contributed by atoms with van der Waals surface area (Å²) in [6, 6.07) is 2.17. The van der Waals surface area contributed by atoms with Crippen molar-refractivity contribution in [2.24, 2.45) is 5.92 Å². The van der Waals surface area contributed by atoms with E-state index in [-0.39, 0.29) is 5.91 Å². The second kappa shape index (κ2) is 5.98. The van der Waals surface area contributed by atoms with Gasteiger partial charge in [0.1, 0.15) is 0 Å². The third kappa shape index (κ3) is 3.56. The van der Waals surface area contributed by atoms with Crippen LogP contribution in [-0.4, -0.2) is 12.5 Å². The van der Waals surface area contributed by atoms with Crippen molar-refractivity contribution in [3.8, 4) is 0 Å². The van der Waals surface area contributed by atoms with E-state index in [2.05, 4.69) is 31.4 Å². The predicted molar refractivity (Wildman–Crippen MR) is 71.1 cm³/mol. The van der Waals surface area contributed by atoms with Crippen LogP contribution >= 0.6 is 0 Å². The number of hydrogen-bond acceptors (Lipinski definition) is 1. The Morgan fingerprint density at radius 3 is 2.78 bits per heavy atom. The van der Waals surface area contributed by atoms with Crippen LogP contribution in [0.4, 0.5) is 0 Å². The Morgan fingerprint density at radius 1 is 1.33 bits per heavy atom. The molecule has 0 spiro atoms. The normalized spacial score (nSPS) is 14.4. The zero-order valence-electron chi connectivity index (χ0n) is 11.4. The molecule has 0 aromatic carbocycles. The van der Waals surface area contributed by atoms with E-state index in [4.69, 9.17) is 0 Å². The summed E-state index contributed by atoms with van der Waals surface area (Å²) < 4.78 is 2.00. The molecule has 2 rings (SSSR count). The highest BCUT2D eigenvalue weighted by Crippen LogP contribution is 2.18. The highest BCUT2D eigenvalue weighted by atomic mass is 16.1. The summed E-state index contributed by atoms with van der Waals surface area (Å²) in [5, 5.41) is 2.95. The SMILES string of the molecule is CC(C)CNC(=O)C[n+]1ccc2c(c1)CCCC2. The molecular formula is C15H23N2O+. The summed E-state index contributed by atoms with van der Waals surface area (Å²) in [5.74, 6) is 0.604. The maximum Gasteiger partial charge on any atom is 0.285 e. The third-order valence-corrected chi connectivity index (χ3v) is 3.38. The lowest BCUT2D eigenvalue weighted by Gasteiger charge is -2.13. The first-order valence-corrected chi connectivity index (χ1v) is 6.92. The molecule has 18 heavy (non-hydrogen) atoms. The smallest absolute Gasteiger partial charge is 0.285 e. The molecule has 1 aliphatic rings. The Bertz CT molecular complexity index is 427. The first-order chi connectivity index (χ1) is 8.65. The van der Waals surface area contributed by atoms with Gasteiger partial charge in [0.05, 0.1) is 0 Å². The van der Waals surface area contributed by atoms with Crippen LogP contribution in [-0.2, 0) is 24.2 Å². The molecule has 1 aromatic heterocycles. The van der Waals surface area contributed by atoms with Crippen molar-refractivity contribution >= 4 is 5.91 Å². The van der Waals surface area contributed by atoms with Crippen LogP contribution in [0.25, 0.3) is 0 Å². The van der Waals surface area contributed by atoms with Gasteiger partial charge in [0.25, 0.3) is 5.91 Å². The number of hydrogen-bond donors (Lipinski definition) is 1. The van der Waals surface area contributed by atoms with E-state index in [9.17, 15) is 4.79 Å². The summed E-state index contributed by atoms with van der Waals surface area (Å²) in [5.41, 5.74) is 2.88. The fraction of sp³-hybridized carbons (Fsp3) is 0.600. The standard InChI is InChI=1S/C15H22N2O/c1-12(2)9-16-15(18)11-17-8-7-13-5-3-4-6-14(13)10-17/h7-8,10,12H,3-6,9,11H2,1-2H3/p+1. The first-order valence-electron chi connectivity index (χ1n) is 6.92. The molecule has 0 saturated heterocycles. The minimum absolute atomic E-state index is 0.101. The Hall–Kier alpha value is -1.38. The van der Waals surface area contributed by atoms with Crippen LogP contribution in [0.2, 0.25) is 0 Å². The van der Waals surface area contributed by atoms with Gasteiger partial charge >= 0.3 is 0 Å². The van der Waals surface area contributed by atoms with Crippen LogP contribution in [0.15, 0.2) is 18.5 Å². The average molecular weight is 247 g/mol. The topological polar surface area (TPSA) is 33.0 Å². The molecule has 1 N–H and O–H groups in total. The van der Waals surface area contributed by atoms with Gasteiger partial charge < -0.3 is 5.32 Å². The largest absolute Gasteiger partial charge is 0.350 e. The van der Waals surface area contributed by atoms with Crippen LogP contribution in [0.3, 0.4) is 0 Å². The lowest BCUT2D eigenvalue weighted by molar-refractivity contribution is -0.685. The molecule has 0 fully saturated rings. The molecule has 0 unspecified atom stereocenters. The van der Waals surface area contributed by atoms with E-state index >= 15 is 0 Å². The van der Waals surface area contributed by atoms with E-state index in [1.54, 1.807) is 0 Å². The van der Waals surface area contributed by atoms with Crippen molar-refractivity contribution in [1.82, 2.24) is 5.32 Å². The number of amides is 1. The summed E-state index contributed by atoms with van der Waals surface area (Å²) in [6.45, 7) is 5.39. The van der Waals surface area contributed by atoms with Gasteiger partial charge in [-0.3, -0.25) is 4.79 Å². The van der Waals surface area contributed by atoms with Gasteiger partial charge in [-0.2, -0.15) is 4.57 Å². The van der Waals surface area contributed by atoms with Gasteiger partial charge in [-0.05, 0) is 37.2 Å². The predicted octanol–water partition coefficient (Wildman–Crippen LogP) is 1.63. The average Bonchev–Trinajstić information content (AvgIpc) is 2.36. The monoisotopic (exact) mass is 247 g/mol. The summed E-state index contributed by atoms with van der Waals surface area (Å²) in [6.07, 6.45) is 9.09. The number of aryl methyl sites for hydroxylation is 2. The van der Waals surface area contributed by atoms with E-state index in [0.29, 0.717) is 12.5 Å². The fourth-order valence-corrected chi connectivity index (χ4v) is 2.36. The number of fused-ring (bicyclic) bond motifs is 1. The minimum Gasteiger partial charge on any atom is -0.350 e. The van der Waals surface area contributed by atoms with E-state index in [1.165, 1.54) is 30.4 Å². The summed E-state index contributed by atoms with van der Waals surface area (Å²) in [7, 11) is 0. The van der Waals surface area contributed by atoms with Gasteiger partial charge in [0.2, 0.25) is 6.54 Å². The van der Waals surface area contributed by atoms with Crippen molar-refractivity contribution in [3.63, 3.8) is 0 Å². The van der Waals surface area contributed by atoms with Crippen molar-refractivity contribution in [3.05, 3.63) is 29.6 Å². The summed E-state index contributed by atoms with van der Waals surface area (Å²) in [4.78, 5) is 11.8. The maximum absolute atomic E-state index is 11.8. The molecule has 3 heteroatoms. The number of rotatable bonds is 4. The van der Waals surface area contributed by atoms with Crippen LogP contribution in [0.1, 0.15) is 37.8 Å². The highest BCUT2D eigenvalue weighted by Gasteiger charge is 2.15. The Balaban J connectivity index is 1.95. The van der Waals surface area contributed by atoms with E-state index < -0.39 is 0 Å². The molecule has 0 aliphatic heterocycles. The molecule has 1 heterocycles. The molecule has 0 saturated carbocycles. The van der Waals surface area contributed by atoms with Crippen molar-refractivity contribution in [2.45, 2.75) is 46.1 Å². The van der Waals surface area contributed by atoms with Gasteiger partial charge in [-0.1, -0.05) is 13.8 Å². The molecule has 1 aromatic rings. The summed E-state index contributed by atoms with van der Waals surface area (Å²) >= 11 is 0. The van der Waals surface area contributed by atoms with Crippen LogP contribution in [0, 0.1) is 5.92 Å². The fourth-order valence-electron chi connectivity index (χ4n) is 2.36. The number of aromatic nitrogens is 1. The van der Waals surface area contributed by atoms with Gasteiger partial charge in [0.15, 0.2) is 12.4 Å². The number of carbonyl (C=O) groups excluding carboxylic acids is 1. The zero-order valence-corrected chi connectivity index (χ0v) is 11.4. The van der Waals surface area contributed by atoms with E-state index in [0.717, 1.165) is 13.0 Å². The molecule has 0 atom stereocenters. The Kier molecular flexibility index (Phi) is 4.34. The molecule has 0 bridgehead atoms. The Morgan fingerprint density at radius 2 is 2.06 bits per heavy atom. The zero-order chi connectivity index (χ0) is 13.0. The van der Waals surface area contributed by atoms with Crippen molar-refractivity contribution in [2.75, 3.05) is 6.54 Å². The van der Waals surface area contributed by atoms with E-state index in [1.807, 2.05) is 10.8 Å². The van der Waals surface area contributed by atoms with Crippen molar-refractivity contribution < 1.29 is 9.36 Å². The number of carbonyl (C=O) groups is 1. The molecule has 3 nitrogen and oxygen atoms in total. The second-order valence-corrected chi connectivity index (χ2v) is 5.57. The number of nitrogens with one attached hydrogen (secondary N) is 1. The maximum atomic E-state index is 11.8. The Labute approximate surface area is 109 Å². The van der Waals surface area contributed by atoms with Gasteiger partial charge in [-0.25, -0.2) is 0 Å². The van der Waals surface area contributed by atoms with Crippen molar-refractivity contribution in [1.29, 1.82) is 0 Å². The highest BCUT2D eigenvalue weighted by molar-refractivity contribution is 5.74. The molecule has 0 radical (unpaired) electrons. The van der Waals surface area contributed by atoms with Crippen LogP contribution < -0.4 is 9.88 Å². The first kappa shape index (κ1) is 13.1. The lowest BCUT2D eigenvalue weighted by Crippen LogP contribution is -2.43. The number of nitrogens with zero attached hydrogens (tertiary/aromatic N) is 1. The van der Waals surface area contributed by atoms with Gasteiger partial charge in [0, 0.05) is 18.2 Å².